The summed E-state index contributed by atoms with van der Waals surface area (Å²) < 4.78 is -1.39. The minimum absolute atomic E-state index is 0.667. The lowest BCUT2D eigenvalue weighted by atomic mass is 10.1. The molecule has 0 N–H and O–H groups in total. The van der Waals surface area contributed by atoms with Gasteiger partial charge in [0.25, 0.3) is 0 Å². The van der Waals surface area contributed by atoms with Crippen LogP contribution in [-0.4, -0.2) is 0 Å². The Morgan fingerprint density at radius 2 is 1.71 bits per heavy atom. The summed E-state index contributed by atoms with van der Waals surface area (Å²) in [7, 11) is 0. The van der Waals surface area contributed by atoms with E-state index in [0.29, 0.717) is 5.56 Å². The third-order valence-corrected chi connectivity index (χ3v) is 2.61. The fourth-order valence-corrected chi connectivity index (χ4v) is 1.86. The number of fused-ring (bicyclic) bond motifs is 1. The zero-order chi connectivity index (χ0) is 10.2. The summed E-state index contributed by atoms with van der Waals surface area (Å²) in [5, 5.41) is 1.88. The van der Waals surface area contributed by atoms with E-state index in [1.807, 2.05) is 30.3 Å². The molecule has 0 aliphatic carbocycles. The summed E-state index contributed by atoms with van der Waals surface area (Å²) in [4.78, 5) is 0. The normalized spacial score (nSPS) is 11.9. The standard InChI is InChI=1S/C11H6Cl3/c12-11(13,14)10-7-3-5-8-4-1-2-6-9(8)10/h1-5,7H. The lowest BCUT2D eigenvalue weighted by Crippen LogP contribution is -2.00. The number of rotatable bonds is 0. The zero-order valence-electron chi connectivity index (χ0n) is 7.10. The average Bonchev–Trinajstić information content (AvgIpc) is 2.15. The maximum Gasteiger partial charge on any atom is 0.216 e. The third-order valence-electron chi connectivity index (χ3n) is 2.00. The monoisotopic (exact) mass is 243 g/mol. The van der Waals surface area contributed by atoms with E-state index in [4.69, 9.17) is 34.8 Å². The highest BCUT2D eigenvalue weighted by Crippen LogP contribution is 2.41. The quantitative estimate of drug-likeness (QED) is 0.600. The van der Waals surface area contributed by atoms with Crippen LogP contribution in [0, 0.1) is 6.07 Å². The molecule has 71 valence electrons. The molecule has 0 atom stereocenters. The van der Waals surface area contributed by atoms with Crippen molar-refractivity contribution in [3.63, 3.8) is 0 Å². The molecule has 0 saturated carbocycles. The van der Waals surface area contributed by atoms with Crippen molar-refractivity contribution in [1.82, 2.24) is 0 Å². The van der Waals surface area contributed by atoms with Gasteiger partial charge < -0.3 is 0 Å². The Kier molecular flexibility index (Phi) is 2.61. The van der Waals surface area contributed by atoms with Crippen molar-refractivity contribution in [2.45, 2.75) is 3.79 Å². The largest absolute Gasteiger partial charge is 0.216 e. The van der Waals surface area contributed by atoms with Gasteiger partial charge in [-0.1, -0.05) is 71.2 Å². The molecule has 14 heavy (non-hydrogen) atoms. The average molecular weight is 245 g/mol. The predicted molar refractivity (Wildman–Crippen MR) is 62.0 cm³/mol. The lowest BCUT2D eigenvalue weighted by molar-refractivity contribution is 1.27. The van der Waals surface area contributed by atoms with E-state index in [0.717, 1.165) is 10.8 Å². The Morgan fingerprint density at radius 3 is 2.43 bits per heavy atom. The smallest absolute Gasteiger partial charge is 0.0784 e. The van der Waals surface area contributed by atoms with Crippen LogP contribution in [0.2, 0.25) is 0 Å². The Morgan fingerprint density at radius 1 is 1.00 bits per heavy atom. The molecule has 0 nitrogen and oxygen atoms in total. The third kappa shape index (κ3) is 1.83. The molecule has 0 bridgehead atoms. The molecule has 1 radical (unpaired) electrons. The highest BCUT2D eigenvalue weighted by Gasteiger charge is 2.24. The first-order chi connectivity index (χ1) is 6.59. The first-order valence-corrected chi connectivity index (χ1v) is 5.19. The van der Waals surface area contributed by atoms with Gasteiger partial charge in [0, 0.05) is 5.56 Å². The second-order valence-corrected chi connectivity index (χ2v) is 5.22. The second kappa shape index (κ2) is 3.62. The van der Waals surface area contributed by atoms with Gasteiger partial charge in [-0.3, -0.25) is 0 Å². The van der Waals surface area contributed by atoms with Gasteiger partial charge in [-0.15, -0.1) is 0 Å². The Bertz CT molecular complexity index is 452. The second-order valence-electron chi connectivity index (χ2n) is 2.94. The Hall–Kier alpha value is -0.430. The molecule has 0 amide bonds. The van der Waals surface area contributed by atoms with Gasteiger partial charge in [-0.2, -0.15) is 0 Å². The van der Waals surface area contributed by atoms with Crippen LogP contribution in [0.3, 0.4) is 0 Å². The fourth-order valence-electron chi connectivity index (χ4n) is 1.39. The predicted octanol–water partition coefficient (Wildman–Crippen LogP) is 4.47. The van der Waals surface area contributed by atoms with Crippen molar-refractivity contribution in [1.29, 1.82) is 0 Å². The molecule has 2 aromatic rings. The van der Waals surface area contributed by atoms with Gasteiger partial charge in [0.2, 0.25) is 3.79 Å². The molecule has 0 fully saturated rings. The van der Waals surface area contributed by atoms with E-state index in [1.165, 1.54) is 0 Å². The van der Waals surface area contributed by atoms with Crippen LogP contribution in [0.1, 0.15) is 5.56 Å². The number of hydrogen-bond donors (Lipinski definition) is 0. The summed E-state index contributed by atoms with van der Waals surface area (Å²) in [6, 6.07) is 14.4. The van der Waals surface area contributed by atoms with Gasteiger partial charge in [0.1, 0.15) is 0 Å². The van der Waals surface area contributed by atoms with Crippen molar-refractivity contribution < 1.29 is 0 Å². The molecule has 2 rings (SSSR count). The van der Waals surface area contributed by atoms with E-state index in [2.05, 4.69) is 6.07 Å². The van der Waals surface area contributed by atoms with Gasteiger partial charge in [-0.25, -0.2) is 0 Å². The highest BCUT2D eigenvalue weighted by atomic mass is 35.6. The number of alkyl halides is 3. The van der Waals surface area contributed by atoms with Crippen LogP contribution in [0.15, 0.2) is 36.4 Å². The molecule has 0 spiro atoms. The summed E-state index contributed by atoms with van der Waals surface area (Å²) in [6.07, 6.45) is 0. The van der Waals surface area contributed by atoms with Crippen molar-refractivity contribution in [2.75, 3.05) is 0 Å². The Labute approximate surface area is 97.4 Å². The molecular formula is C11H6Cl3. The van der Waals surface area contributed by atoms with E-state index in [9.17, 15) is 0 Å². The number of benzene rings is 2. The number of halogens is 3. The maximum atomic E-state index is 5.85. The fraction of sp³-hybridized carbons (Fsp3) is 0.0909. The molecule has 2 aromatic carbocycles. The minimum Gasteiger partial charge on any atom is -0.0784 e. The number of hydrogen-bond acceptors (Lipinski definition) is 0. The maximum absolute atomic E-state index is 5.85. The molecule has 0 aliphatic heterocycles. The molecule has 0 heterocycles. The molecule has 0 aliphatic rings. The molecule has 3 heteroatoms. The Balaban J connectivity index is 2.78. The minimum atomic E-state index is -1.39. The first-order valence-electron chi connectivity index (χ1n) is 4.05. The molecule has 0 unspecified atom stereocenters. The van der Waals surface area contributed by atoms with E-state index in [1.54, 1.807) is 6.07 Å². The highest BCUT2D eigenvalue weighted by molar-refractivity contribution is 6.67. The molecule has 0 aromatic heterocycles. The molecular weight excluding hydrogens is 238 g/mol. The van der Waals surface area contributed by atoms with Crippen LogP contribution >= 0.6 is 34.8 Å². The van der Waals surface area contributed by atoms with Gasteiger partial charge in [-0.05, 0) is 16.8 Å². The van der Waals surface area contributed by atoms with Crippen LogP contribution in [0.25, 0.3) is 10.8 Å². The van der Waals surface area contributed by atoms with E-state index in [-0.39, 0.29) is 0 Å². The van der Waals surface area contributed by atoms with Crippen LogP contribution in [0.4, 0.5) is 0 Å². The van der Waals surface area contributed by atoms with Gasteiger partial charge in [0.05, 0.1) is 0 Å². The van der Waals surface area contributed by atoms with Crippen molar-refractivity contribution in [3.8, 4) is 0 Å². The van der Waals surface area contributed by atoms with E-state index >= 15 is 0 Å². The van der Waals surface area contributed by atoms with Crippen LogP contribution in [-0.2, 0) is 3.79 Å². The summed E-state index contributed by atoms with van der Waals surface area (Å²) >= 11 is 17.5. The summed E-state index contributed by atoms with van der Waals surface area (Å²) in [5.41, 5.74) is 0.667. The summed E-state index contributed by atoms with van der Waals surface area (Å²) in [5.74, 6) is 0. The summed E-state index contributed by atoms with van der Waals surface area (Å²) in [6.45, 7) is 0. The molecule has 0 saturated heterocycles. The zero-order valence-corrected chi connectivity index (χ0v) is 9.37. The van der Waals surface area contributed by atoms with E-state index < -0.39 is 3.79 Å². The van der Waals surface area contributed by atoms with Gasteiger partial charge in [0.15, 0.2) is 0 Å². The topological polar surface area (TPSA) is 0 Å². The lowest BCUT2D eigenvalue weighted by Gasteiger charge is -2.13. The van der Waals surface area contributed by atoms with Crippen LogP contribution in [0.5, 0.6) is 0 Å². The van der Waals surface area contributed by atoms with Crippen molar-refractivity contribution in [3.05, 3.63) is 48.0 Å². The van der Waals surface area contributed by atoms with Crippen LogP contribution < -0.4 is 0 Å². The first kappa shape index (κ1) is 10.1. The van der Waals surface area contributed by atoms with Crippen molar-refractivity contribution in [2.24, 2.45) is 0 Å². The SMILES string of the molecule is ClC(Cl)(Cl)c1cccc2ccc[c]c12. The van der Waals surface area contributed by atoms with Gasteiger partial charge >= 0.3 is 0 Å². The van der Waals surface area contributed by atoms with Crippen molar-refractivity contribution >= 4 is 45.6 Å².